The Labute approximate surface area is 148 Å². The smallest absolute Gasteiger partial charge is 0.311 e. The lowest BCUT2D eigenvalue weighted by atomic mass is 10.2. The second kappa shape index (κ2) is 6.40. The van der Waals surface area contributed by atoms with Crippen LogP contribution in [-0.4, -0.2) is 31.7 Å². The molecule has 1 N–H and O–H groups in total. The molecular formula is C18H15N5O3. The molecule has 1 aliphatic rings. The van der Waals surface area contributed by atoms with Gasteiger partial charge in [0, 0.05) is 18.1 Å². The van der Waals surface area contributed by atoms with Crippen LogP contribution in [-0.2, 0) is 13.1 Å². The molecule has 0 spiro atoms. The molecule has 0 bridgehead atoms. The number of hydrogen-bond acceptors (Lipinski definition) is 6. The zero-order chi connectivity index (χ0) is 18.1. The van der Waals surface area contributed by atoms with Crippen molar-refractivity contribution in [3.63, 3.8) is 0 Å². The maximum atomic E-state index is 12.4. The van der Waals surface area contributed by atoms with E-state index in [0.717, 1.165) is 5.69 Å². The number of carbonyl (C=O) groups is 2. The summed E-state index contributed by atoms with van der Waals surface area (Å²) in [5, 5.41) is 2.69. The summed E-state index contributed by atoms with van der Waals surface area (Å²) < 4.78 is 5.55. The van der Waals surface area contributed by atoms with Crippen LogP contribution in [0.15, 0.2) is 47.3 Å². The van der Waals surface area contributed by atoms with E-state index < -0.39 is 5.91 Å². The number of pyridine rings is 2. The molecule has 1 aliphatic heterocycles. The first kappa shape index (κ1) is 15.9. The Balaban J connectivity index is 1.44. The van der Waals surface area contributed by atoms with Gasteiger partial charge < -0.3 is 14.6 Å². The van der Waals surface area contributed by atoms with Crippen LogP contribution in [0.25, 0.3) is 0 Å². The number of aryl methyl sites for hydroxylation is 1. The lowest BCUT2D eigenvalue weighted by Crippen LogP contribution is -2.26. The summed E-state index contributed by atoms with van der Waals surface area (Å²) >= 11 is 0. The summed E-state index contributed by atoms with van der Waals surface area (Å²) in [4.78, 5) is 38.6. The first-order valence-corrected chi connectivity index (χ1v) is 8.02. The van der Waals surface area contributed by atoms with Crippen LogP contribution in [0.1, 0.15) is 38.2 Å². The Morgan fingerprint density at radius 1 is 1.19 bits per heavy atom. The van der Waals surface area contributed by atoms with Crippen molar-refractivity contribution < 1.29 is 14.0 Å². The van der Waals surface area contributed by atoms with Crippen LogP contribution < -0.4 is 5.32 Å². The fourth-order valence-electron chi connectivity index (χ4n) is 2.68. The van der Waals surface area contributed by atoms with Crippen molar-refractivity contribution >= 4 is 17.5 Å². The lowest BCUT2D eigenvalue weighted by molar-refractivity contribution is 0.0741. The fraction of sp³-hybridized carbons (Fsp3) is 0.167. The molecule has 0 aromatic carbocycles. The number of amides is 2. The molecule has 0 atom stereocenters. The Bertz CT molecular complexity index is 943. The summed E-state index contributed by atoms with van der Waals surface area (Å²) in [6.07, 6.45) is 4.70. The van der Waals surface area contributed by atoms with Gasteiger partial charge in [-0.25, -0.2) is 4.98 Å². The lowest BCUT2D eigenvalue weighted by Gasteiger charge is -2.14. The molecular weight excluding hydrogens is 334 g/mol. The third-order valence-corrected chi connectivity index (χ3v) is 4.01. The molecule has 4 rings (SSSR count). The van der Waals surface area contributed by atoms with Crippen molar-refractivity contribution in [1.29, 1.82) is 0 Å². The molecule has 2 amide bonds. The average Bonchev–Trinajstić information content (AvgIpc) is 3.23. The summed E-state index contributed by atoms with van der Waals surface area (Å²) in [5.74, 6) is -0.100. The number of aromatic nitrogens is 3. The highest BCUT2D eigenvalue weighted by Crippen LogP contribution is 2.25. The van der Waals surface area contributed by atoms with E-state index in [1.165, 1.54) is 6.20 Å². The minimum absolute atomic E-state index is 0.0240. The molecule has 4 heterocycles. The normalized spacial score (nSPS) is 12.7. The van der Waals surface area contributed by atoms with E-state index in [9.17, 15) is 9.59 Å². The molecule has 0 radical (unpaired) electrons. The van der Waals surface area contributed by atoms with Gasteiger partial charge in [0.05, 0.1) is 30.5 Å². The van der Waals surface area contributed by atoms with Crippen LogP contribution in [0, 0.1) is 6.92 Å². The fourth-order valence-corrected chi connectivity index (χ4v) is 2.68. The Hall–Kier alpha value is -3.55. The van der Waals surface area contributed by atoms with Crippen LogP contribution in [0.5, 0.6) is 0 Å². The Morgan fingerprint density at radius 3 is 2.77 bits per heavy atom. The van der Waals surface area contributed by atoms with Gasteiger partial charge in [-0.15, -0.1) is 0 Å². The molecule has 0 aliphatic carbocycles. The van der Waals surface area contributed by atoms with Gasteiger partial charge in [-0.05, 0) is 31.2 Å². The van der Waals surface area contributed by atoms with E-state index in [2.05, 4.69) is 20.3 Å². The Kier molecular flexibility index (Phi) is 3.92. The van der Waals surface area contributed by atoms with E-state index >= 15 is 0 Å². The highest BCUT2D eigenvalue weighted by molar-refractivity contribution is 6.01. The average molecular weight is 349 g/mol. The van der Waals surface area contributed by atoms with Gasteiger partial charge in [-0.3, -0.25) is 19.6 Å². The van der Waals surface area contributed by atoms with Crippen molar-refractivity contribution in [3.05, 3.63) is 71.5 Å². The zero-order valence-electron chi connectivity index (χ0n) is 14.0. The summed E-state index contributed by atoms with van der Waals surface area (Å²) in [5.41, 5.74) is 2.51. The molecule has 8 heteroatoms. The van der Waals surface area contributed by atoms with E-state index in [1.54, 1.807) is 41.6 Å². The quantitative estimate of drug-likeness (QED) is 0.778. The molecule has 130 valence electrons. The number of fused-ring (bicyclic) bond motifs is 1. The van der Waals surface area contributed by atoms with Crippen molar-refractivity contribution in [2.45, 2.75) is 20.0 Å². The number of carbonyl (C=O) groups excluding carboxylic acids is 2. The predicted octanol–water partition coefficient (Wildman–Crippen LogP) is 2.18. The third kappa shape index (κ3) is 3.04. The summed E-state index contributed by atoms with van der Waals surface area (Å²) in [7, 11) is 0. The summed E-state index contributed by atoms with van der Waals surface area (Å²) in [6.45, 7) is 2.43. The maximum absolute atomic E-state index is 12.4. The van der Waals surface area contributed by atoms with Crippen molar-refractivity contribution in [3.8, 4) is 0 Å². The van der Waals surface area contributed by atoms with E-state index in [1.807, 2.05) is 6.92 Å². The first-order chi connectivity index (χ1) is 12.6. The van der Waals surface area contributed by atoms with Crippen molar-refractivity contribution in [1.82, 2.24) is 19.9 Å². The minimum atomic E-state index is -0.449. The second-order valence-electron chi connectivity index (χ2n) is 5.93. The van der Waals surface area contributed by atoms with Crippen LogP contribution >= 0.6 is 0 Å². The highest BCUT2D eigenvalue weighted by atomic mass is 16.4. The monoisotopic (exact) mass is 349 g/mol. The largest absolute Gasteiger partial charge is 0.435 e. The number of hydrogen-bond donors (Lipinski definition) is 1. The number of anilines is 1. The topological polar surface area (TPSA) is 101 Å². The van der Waals surface area contributed by atoms with E-state index in [4.69, 9.17) is 4.42 Å². The van der Waals surface area contributed by atoms with Crippen LogP contribution in [0.4, 0.5) is 5.69 Å². The molecule has 0 fully saturated rings. The molecule has 3 aromatic heterocycles. The number of nitrogens with zero attached hydrogens (tertiary/aromatic N) is 4. The van der Waals surface area contributed by atoms with Gasteiger partial charge in [-0.1, -0.05) is 0 Å². The molecule has 8 nitrogen and oxygen atoms in total. The molecule has 26 heavy (non-hydrogen) atoms. The van der Waals surface area contributed by atoms with Crippen LogP contribution in [0.2, 0.25) is 0 Å². The van der Waals surface area contributed by atoms with E-state index in [0.29, 0.717) is 29.2 Å². The zero-order valence-corrected chi connectivity index (χ0v) is 14.0. The minimum Gasteiger partial charge on any atom is -0.435 e. The summed E-state index contributed by atoms with van der Waals surface area (Å²) in [6, 6.07) is 6.97. The SMILES string of the molecule is Cc1ccc(NC(=O)c2nc3c(o2)CN(C(=O)c2cccnc2)C3)cn1. The maximum Gasteiger partial charge on any atom is 0.311 e. The molecule has 3 aromatic rings. The molecule has 0 unspecified atom stereocenters. The molecule has 0 saturated heterocycles. The van der Waals surface area contributed by atoms with Gasteiger partial charge in [0.25, 0.3) is 11.8 Å². The third-order valence-electron chi connectivity index (χ3n) is 4.01. The van der Waals surface area contributed by atoms with Gasteiger partial charge in [-0.2, -0.15) is 0 Å². The van der Waals surface area contributed by atoms with Crippen molar-refractivity contribution in [2.24, 2.45) is 0 Å². The highest BCUT2D eigenvalue weighted by Gasteiger charge is 2.31. The van der Waals surface area contributed by atoms with E-state index in [-0.39, 0.29) is 18.3 Å². The predicted molar refractivity (Wildman–Crippen MR) is 91.2 cm³/mol. The first-order valence-electron chi connectivity index (χ1n) is 8.02. The van der Waals surface area contributed by atoms with Gasteiger partial charge in [0.1, 0.15) is 11.5 Å². The molecule has 0 saturated carbocycles. The number of nitrogens with one attached hydrogen (secondary N) is 1. The Morgan fingerprint density at radius 2 is 2.08 bits per heavy atom. The van der Waals surface area contributed by atoms with Crippen molar-refractivity contribution in [2.75, 3.05) is 5.32 Å². The van der Waals surface area contributed by atoms with Gasteiger partial charge >= 0.3 is 5.91 Å². The second-order valence-corrected chi connectivity index (χ2v) is 5.93. The number of rotatable bonds is 3. The van der Waals surface area contributed by atoms with Crippen LogP contribution in [0.3, 0.4) is 0 Å². The number of oxazole rings is 1. The standard InChI is InChI=1S/C18H15N5O3/c1-11-4-5-13(8-20-11)21-16(24)17-22-14-9-23(10-15(14)26-17)18(25)12-3-2-6-19-7-12/h2-8H,9-10H2,1H3,(H,21,24). The van der Waals surface area contributed by atoms with Gasteiger partial charge in [0.2, 0.25) is 0 Å². The van der Waals surface area contributed by atoms with Gasteiger partial charge in [0.15, 0.2) is 0 Å².